The van der Waals surface area contributed by atoms with Crippen molar-refractivity contribution >= 4 is 33.6 Å². The topological polar surface area (TPSA) is 83.5 Å². The van der Waals surface area contributed by atoms with Crippen molar-refractivity contribution in [3.8, 4) is 0 Å². The summed E-state index contributed by atoms with van der Waals surface area (Å²) in [5.41, 5.74) is 0.911. The summed E-state index contributed by atoms with van der Waals surface area (Å²) in [6.07, 6.45) is 2.62. The van der Waals surface area contributed by atoms with Gasteiger partial charge in [-0.15, -0.1) is 6.58 Å². The SMILES string of the molecule is C=CCC(C(=O)NS(=O)(=O)/C=C/c1ccccc1)C(=O)N(CC)c1cccc(F)c1. The molecule has 0 heterocycles. The average Bonchev–Trinajstić information content (AvgIpc) is 2.71. The van der Waals surface area contributed by atoms with Gasteiger partial charge in [-0.2, -0.15) is 0 Å². The van der Waals surface area contributed by atoms with E-state index in [4.69, 9.17) is 0 Å². The van der Waals surface area contributed by atoms with Crippen LogP contribution in [0.15, 0.2) is 72.7 Å². The van der Waals surface area contributed by atoms with Gasteiger partial charge in [0.2, 0.25) is 11.8 Å². The third-order valence-electron chi connectivity index (χ3n) is 4.20. The highest BCUT2D eigenvalue weighted by Gasteiger charge is 2.31. The fourth-order valence-electron chi connectivity index (χ4n) is 2.76. The molecule has 0 aliphatic carbocycles. The van der Waals surface area contributed by atoms with Gasteiger partial charge in [-0.05, 0) is 43.2 Å². The number of anilines is 1. The molecular formula is C22H23FN2O4S. The second-order valence-corrected chi connectivity index (χ2v) is 7.93. The van der Waals surface area contributed by atoms with Gasteiger partial charge in [-0.25, -0.2) is 17.5 Å². The van der Waals surface area contributed by atoms with Crippen molar-refractivity contribution in [1.82, 2.24) is 4.72 Å². The minimum atomic E-state index is -4.12. The lowest BCUT2D eigenvalue weighted by Crippen LogP contribution is -2.45. The lowest BCUT2D eigenvalue weighted by atomic mass is 10.0. The van der Waals surface area contributed by atoms with E-state index >= 15 is 0 Å². The molecule has 2 aromatic rings. The van der Waals surface area contributed by atoms with E-state index in [1.54, 1.807) is 37.3 Å². The summed E-state index contributed by atoms with van der Waals surface area (Å²) in [6.45, 7) is 5.38. The smallest absolute Gasteiger partial charge is 0.257 e. The molecular weight excluding hydrogens is 407 g/mol. The van der Waals surface area contributed by atoms with Crippen LogP contribution in [-0.4, -0.2) is 26.8 Å². The zero-order chi connectivity index (χ0) is 22.1. The summed E-state index contributed by atoms with van der Waals surface area (Å²) in [5, 5.41) is 0.861. The third-order valence-corrected chi connectivity index (χ3v) is 5.18. The Hall–Kier alpha value is -3.26. The van der Waals surface area contributed by atoms with Crippen LogP contribution in [0.3, 0.4) is 0 Å². The van der Waals surface area contributed by atoms with E-state index < -0.39 is 33.6 Å². The van der Waals surface area contributed by atoms with E-state index in [2.05, 4.69) is 6.58 Å². The maximum Gasteiger partial charge on any atom is 0.257 e. The molecule has 0 aliphatic rings. The van der Waals surface area contributed by atoms with Crippen molar-refractivity contribution in [2.45, 2.75) is 13.3 Å². The van der Waals surface area contributed by atoms with Gasteiger partial charge in [0.05, 0.1) is 5.41 Å². The van der Waals surface area contributed by atoms with E-state index in [0.29, 0.717) is 5.56 Å². The summed E-state index contributed by atoms with van der Waals surface area (Å²) < 4.78 is 40.0. The van der Waals surface area contributed by atoms with Gasteiger partial charge >= 0.3 is 0 Å². The molecule has 1 atom stereocenters. The Bertz CT molecular complexity index is 1040. The van der Waals surface area contributed by atoms with Crippen molar-refractivity contribution in [3.05, 3.63) is 84.0 Å². The first kappa shape index (κ1) is 23.0. The summed E-state index contributed by atoms with van der Waals surface area (Å²) in [6, 6.07) is 14.1. The number of halogens is 1. The Labute approximate surface area is 175 Å². The van der Waals surface area contributed by atoms with Crippen LogP contribution in [0.25, 0.3) is 6.08 Å². The number of nitrogens with one attached hydrogen (secondary N) is 1. The van der Waals surface area contributed by atoms with Crippen molar-refractivity contribution in [2.75, 3.05) is 11.4 Å². The fraction of sp³-hybridized carbons (Fsp3) is 0.182. The molecule has 1 unspecified atom stereocenters. The molecule has 2 amide bonds. The molecule has 8 heteroatoms. The van der Waals surface area contributed by atoms with Gasteiger partial charge in [0.1, 0.15) is 11.7 Å². The van der Waals surface area contributed by atoms with Crippen molar-refractivity contribution in [1.29, 1.82) is 0 Å². The molecule has 2 rings (SSSR count). The number of carbonyl (C=O) groups excluding carboxylic acids is 2. The molecule has 0 spiro atoms. The predicted octanol–water partition coefficient (Wildman–Crippen LogP) is 3.49. The number of hydrogen-bond acceptors (Lipinski definition) is 4. The van der Waals surface area contributed by atoms with E-state index in [1.165, 1.54) is 41.3 Å². The molecule has 0 fully saturated rings. The van der Waals surface area contributed by atoms with Gasteiger partial charge < -0.3 is 4.90 Å². The Morgan fingerprint density at radius 1 is 1.17 bits per heavy atom. The van der Waals surface area contributed by atoms with Crippen LogP contribution >= 0.6 is 0 Å². The van der Waals surface area contributed by atoms with E-state index in [0.717, 1.165) is 5.41 Å². The van der Waals surface area contributed by atoms with Gasteiger partial charge in [0, 0.05) is 12.2 Å². The standard InChI is InChI=1S/C22H23FN2O4S/c1-3-9-20(22(27)25(4-2)19-13-8-12-18(23)16-19)21(26)24-30(28,29)15-14-17-10-6-5-7-11-17/h3,5-8,10-16,20H,1,4,9H2,2H3,(H,24,26)/b15-14+. The Morgan fingerprint density at radius 3 is 2.47 bits per heavy atom. The summed E-state index contributed by atoms with van der Waals surface area (Å²) in [7, 11) is -4.12. The van der Waals surface area contributed by atoms with Crippen LogP contribution in [0.1, 0.15) is 18.9 Å². The molecule has 30 heavy (non-hydrogen) atoms. The van der Waals surface area contributed by atoms with Crippen LogP contribution in [0.5, 0.6) is 0 Å². The average molecular weight is 431 g/mol. The van der Waals surface area contributed by atoms with Crippen LogP contribution in [0, 0.1) is 11.7 Å². The normalized spacial score (nSPS) is 12.3. The minimum absolute atomic E-state index is 0.0750. The first-order chi connectivity index (χ1) is 14.3. The zero-order valence-corrected chi connectivity index (χ0v) is 17.3. The highest BCUT2D eigenvalue weighted by molar-refractivity contribution is 7.93. The van der Waals surface area contributed by atoms with Gasteiger partial charge in [0.15, 0.2) is 0 Å². The van der Waals surface area contributed by atoms with Crippen LogP contribution < -0.4 is 9.62 Å². The third kappa shape index (κ3) is 6.38. The molecule has 0 aromatic heterocycles. The Morgan fingerprint density at radius 2 is 1.87 bits per heavy atom. The van der Waals surface area contributed by atoms with Crippen LogP contribution in [0.2, 0.25) is 0 Å². The van der Waals surface area contributed by atoms with Crippen molar-refractivity contribution < 1.29 is 22.4 Å². The number of rotatable bonds is 9. The lowest BCUT2D eigenvalue weighted by molar-refractivity contribution is -0.132. The maximum atomic E-state index is 13.6. The number of hydrogen-bond donors (Lipinski definition) is 1. The zero-order valence-electron chi connectivity index (χ0n) is 16.5. The molecule has 0 aliphatic heterocycles. The second kappa shape index (κ2) is 10.5. The van der Waals surface area contributed by atoms with Crippen LogP contribution in [-0.2, 0) is 19.6 Å². The summed E-state index contributed by atoms with van der Waals surface area (Å²) in [4.78, 5) is 26.8. The molecule has 0 bridgehead atoms. The fourth-order valence-corrected chi connectivity index (χ4v) is 3.59. The molecule has 6 nitrogen and oxygen atoms in total. The molecule has 2 aromatic carbocycles. The van der Waals surface area contributed by atoms with Gasteiger partial charge in [-0.3, -0.25) is 9.59 Å². The van der Waals surface area contributed by atoms with E-state index in [-0.39, 0.29) is 18.7 Å². The molecule has 0 radical (unpaired) electrons. The molecule has 0 saturated heterocycles. The Kier molecular flexibility index (Phi) is 8.06. The molecule has 158 valence electrons. The molecule has 1 N–H and O–H groups in total. The van der Waals surface area contributed by atoms with Crippen LogP contribution in [0.4, 0.5) is 10.1 Å². The Balaban J connectivity index is 2.21. The largest absolute Gasteiger partial charge is 0.312 e. The second-order valence-electron chi connectivity index (χ2n) is 6.36. The number of allylic oxidation sites excluding steroid dienone is 1. The van der Waals surface area contributed by atoms with Crippen molar-refractivity contribution in [3.63, 3.8) is 0 Å². The number of benzene rings is 2. The highest BCUT2D eigenvalue weighted by atomic mass is 32.2. The number of carbonyl (C=O) groups is 2. The van der Waals surface area contributed by atoms with Gasteiger partial charge in [-0.1, -0.05) is 42.5 Å². The van der Waals surface area contributed by atoms with Gasteiger partial charge in [0.25, 0.3) is 10.0 Å². The first-order valence-corrected chi connectivity index (χ1v) is 10.8. The maximum absolute atomic E-state index is 13.6. The predicted molar refractivity (Wildman–Crippen MR) is 115 cm³/mol. The number of amides is 2. The summed E-state index contributed by atoms with van der Waals surface area (Å²) in [5.74, 6) is -3.49. The number of nitrogens with zero attached hydrogens (tertiary/aromatic N) is 1. The summed E-state index contributed by atoms with van der Waals surface area (Å²) >= 11 is 0. The minimum Gasteiger partial charge on any atom is -0.312 e. The van der Waals surface area contributed by atoms with E-state index in [9.17, 15) is 22.4 Å². The van der Waals surface area contributed by atoms with E-state index in [1.807, 2.05) is 4.72 Å². The quantitative estimate of drug-likeness (QED) is 0.488. The molecule has 0 saturated carbocycles. The van der Waals surface area contributed by atoms with Crippen molar-refractivity contribution in [2.24, 2.45) is 5.92 Å². The number of sulfonamides is 1. The monoisotopic (exact) mass is 430 g/mol. The first-order valence-electron chi connectivity index (χ1n) is 9.25. The lowest BCUT2D eigenvalue weighted by Gasteiger charge is -2.25. The highest BCUT2D eigenvalue weighted by Crippen LogP contribution is 2.20.